The van der Waals surface area contributed by atoms with Crippen molar-refractivity contribution in [3.05, 3.63) is 71.8 Å². The number of benzene rings is 3. The van der Waals surface area contributed by atoms with E-state index in [0.717, 1.165) is 16.5 Å². The summed E-state index contributed by atoms with van der Waals surface area (Å²) in [4.78, 5) is 10.6. The van der Waals surface area contributed by atoms with E-state index in [1.54, 1.807) is 19.2 Å². The van der Waals surface area contributed by atoms with Crippen LogP contribution in [0.4, 0.5) is 4.79 Å². The van der Waals surface area contributed by atoms with E-state index in [2.05, 4.69) is 28.7 Å². The van der Waals surface area contributed by atoms with Crippen LogP contribution in [0.1, 0.15) is 11.1 Å². The number of amides is 2. The van der Waals surface area contributed by atoms with Gasteiger partial charge in [0.2, 0.25) is 0 Å². The number of fused-ring (bicyclic) bond motifs is 1. The van der Waals surface area contributed by atoms with Gasteiger partial charge in [-0.1, -0.05) is 42.5 Å². The number of primary amides is 1. The number of hydrazone groups is 1. The van der Waals surface area contributed by atoms with Crippen molar-refractivity contribution in [3.63, 3.8) is 0 Å². The van der Waals surface area contributed by atoms with Crippen molar-refractivity contribution in [3.8, 4) is 11.5 Å². The van der Waals surface area contributed by atoms with E-state index in [1.165, 1.54) is 11.6 Å². The summed E-state index contributed by atoms with van der Waals surface area (Å²) in [7, 11) is 1.57. The molecule has 3 aromatic carbocycles. The first kappa shape index (κ1) is 17.3. The van der Waals surface area contributed by atoms with Crippen LogP contribution in [0.15, 0.2) is 65.8 Å². The Morgan fingerprint density at radius 2 is 1.92 bits per heavy atom. The van der Waals surface area contributed by atoms with E-state index in [4.69, 9.17) is 15.2 Å². The summed E-state index contributed by atoms with van der Waals surface area (Å²) in [6, 6.07) is 19.0. The third-order valence-electron chi connectivity index (χ3n) is 3.84. The average Bonchev–Trinajstić information content (AvgIpc) is 2.66. The van der Waals surface area contributed by atoms with E-state index >= 15 is 0 Å². The lowest BCUT2D eigenvalue weighted by molar-refractivity contribution is 0.249. The zero-order chi connectivity index (χ0) is 18.4. The van der Waals surface area contributed by atoms with Gasteiger partial charge in [0.05, 0.1) is 13.3 Å². The van der Waals surface area contributed by atoms with E-state index in [0.29, 0.717) is 18.1 Å². The number of urea groups is 1. The number of ether oxygens (including phenoxy) is 2. The SMILES string of the molecule is COc1cc(/C=N\NC(N)=O)ccc1OCc1cccc2ccccc12. The predicted octanol–water partition coefficient (Wildman–Crippen LogP) is 3.43. The number of carbonyl (C=O) groups is 1. The highest BCUT2D eigenvalue weighted by Gasteiger charge is 2.07. The summed E-state index contributed by atoms with van der Waals surface area (Å²) in [5.41, 5.74) is 8.95. The lowest BCUT2D eigenvalue weighted by Crippen LogP contribution is -2.24. The number of nitrogens with one attached hydrogen (secondary N) is 1. The van der Waals surface area contributed by atoms with Crippen LogP contribution in [0.25, 0.3) is 10.8 Å². The molecule has 6 nitrogen and oxygen atoms in total. The fourth-order valence-corrected chi connectivity index (χ4v) is 2.63. The van der Waals surface area contributed by atoms with Gasteiger partial charge in [-0.05, 0) is 40.1 Å². The monoisotopic (exact) mass is 349 g/mol. The molecule has 0 fully saturated rings. The Hall–Kier alpha value is -3.54. The molecule has 132 valence electrons. The number of rotatable bonds is 6. The molecule has 3 aromatic rings. The Bertz CT molecular complexity index is 949. The highest BCUT2D eigenvalue weighted by atomic mass is 16.5. The first-order valence-electron chi connectivity index (χ1n) is 8.03. The molecular formula is C20H19N3O3. The Kier molecular flexibility index (Phi) is 5.34. The number of hydrogen-bond donors (Lipinski definition) is 2. The minimum absolute atomic E-state index is 0.425. The van der Waals surface area contributed by atoms with Gasteiger partial charge in [-0.15, -0.1) is 0 Å². The molecule has 0 unspecified atom stereocenters. The van der Waals surface area contributed by atoms with Crippen LogP contribution in [-0.4, -0.2) is 19.4 Å². The van der Waals surface area contributed by atoms with Gasteiger partial charge >= 0.3 is 6.03 Å². The summed E-state index contributed by atoms with van der Waals surface area (Å²) >= 11 is 0. The molecule has 6 heteroatoms. The second-order valence-corrected chi connectivity index (χ2v) is 5.57. The zero-order valence-corrected chi connectivity index (χ0v) is 14.3. The molecule has 0 aromatic heterocycles. The van der Waals surface area contributed by atoms with Crippen molar-refractivity contribution < 1.29 is 14.3 Å². The van der Waals surface area contributed by atoms with Crippen molar-refractivity contribution in [1.29, 1.82) is 0 Å². The summed E-state index contributed by atoms with van der Waals surface area (Å²) < 4.78 is 11.4. The Balaban J connectivity index is 1.77. The van der Waals surface area contributed by atoms with Crippen LogP contribution in [0, 0.1) is 0 Å². The van der Waals surface area contributed by atoms with E-state index < -0.39 is 6.03 Å². The zero-order valence-electron chi connectivity index (χ0n) is 14.3. The first-order chi connectivity index (χ1) is 12.7. The third kappa shape index (κ3) is 4.10. The van der Waals surface area contributed by atoms with Crippen molar-refractivity contribution in [2.45, 2.75) is 6.61 Å². The molecule has 26 heavy (non-hydrogen) atoms. The largest absolute Gasteiger partial charge is 0.493 e. The highest BCUT2D eigenvalue weighted by molar-refractivity contribution is 5.85. The smallest absolute Gasteiger partial charge is 0.332 e. The lowest BCUT2D eigenvalue weighted by atomic mass is 10.1. The van der Waals surface area contributed by atoms with Gasteiger partial charge < -0.3 is 15.2 Å². The van der Waals surface area contributed by atoms with Crippen LogP contribution in [0.2, 0.25) is 0 Å². The number of nitrogens with two attached hydrogens (primary N) is 1. The molecule has 0 saturated heterocycles. The second-order valence-electron chi connectivity index (χ2n) is 5.57. The molecule has 2 amide bonds. The number of nitrogens with zero attached hydrogens (tertiary/aromatic N) is 1. The Labute approximate surface area is 151 Å². The molecule has 0 aliphatic carbocycles. The molecule has 0 bridgehead atoms. The minimum Gasteiger partial charge on any atom is -0.493 e. The Morgan fingerprint density at radius 3 is 2.73 bits per heavy atom. The standard InChI is InChI=1S/C20H19N3O3/c1-25-19-11-14(12-22-23-20(21)24)9-10-18(19)26-13-16-7-4-6-15-5-2-3-8-17(15)16/h2-12H,13H2,1H3,(H3,21,23,24)/b22-12-. The van der Waals surface area contributed by atoms with E-state index in [1.807, 2.05) is 30.3 Å². The number of carbonyl (C=O) groups excluding carboxylic acids is 1. The van der Waals surface area contributed by atoms with Gasteiger partial charge in [0, 0.05) is 0 Å². The summed E-state index contributed by atoms with van der Waals surface area (Å²) in [5, 5.41) is 6.07. The van der Waals surface area contributed by atoms with Gasteiger partial charge in [-0.25, -0.2) is 10.2 Å². The maximum atomic E-state index is 10.6. The van der Waals surface area contributed by atoms with Gasteiger partial charge in [-0.3, -0.25) is 0 Å². The third-order valence-corrected chi connectivity index (χ3v) is 3.84. The molecule has 3 N–H and O–H groups in total. The van der Waals surface area contributed by atoms with Crippen LogP contribution in [0.5, 0.6) is 11.5 Å². The van der Waals surface area contributed by atoms with Crippen molar-refractivity contribution in [2.24, 2.45) is 10.8 Å². The van der Waals surface area contributed by atoms with Crippen LogP contribution in [0.3, 0.4) is 0 Å². The number of methoxy groups -OCH3 is 1. The molecule has 0 aliphatic heterocycles. The summed E-state index contributed by atoms with van der Waals surface area (Å²) in [5.74, 6) is 1.20. The topological polar surface area (TPSA) is 85.9 Å². The van der Waals surface area contributed by atoms with Crippen molar-refractivity contribution in [1.82, 2.24) is 5.43 Å². The van der Waals surface area contributed by atoms with Crippen LogP contribution < -0.4 is 20.6 Å². The summed E-state index contributed by atoms with van der Waals surface area (Å²) in [6.07, 6.45) is 1.47. The first-order valence-corrected chi connectivity index (χ1v) is 8.03. The highest BCUT2D eigenvalue weighted by Crippen LogP contribution is 2.29. The fourth-order valence-electron chi connectivity index (χ4n) is 2.63. The summed E-state index contributed by atoms with van der Waals surface area (Å²) in [6.45, 7) is 0.425. The molecule has 0 saturated carbocycles. The molecule has 0 atom stereocenters. The van der Waals surface area contributed by atoms with Crippen LogP contribution >= 0.6 is 0 Å². The second kappa shape index (κ2) is 8.02. The maximum Gasteiger partial charge on any atom is 0.332 e. The number of hydrogen-bond acceptors (Lipinski definition) is 4. The van der Waals surface area contributed by atoms with E-state index in [9.17, 15) is 4.79 Å². The molecule has 0 spiro atoms. The van der Waals surface area contributed by atoms with Gasteiger partial charge in [0.25, 0.3) is 0 Å². The van der Waals surface area contributed by atoms with Gasteiger partial charge in [0.15, 0.2) is 11.5 Å². The quantitative estimate of drug-likeness (QED) is 0.528. The van der Waals surface area contributed by atoms with Gasteiger partial charge in [-0.2, -0.15) is 5.10 Å². The lowest BCUT2D eigenvalue weighted by Gasteiger charge is -2.12. The van der Waals surface area contributed by atoms with Gasteiger partial charge in [0.1, 0.15) is 6.61 Å². The van der Waals surface area contributed by atoms with Crippen molar-refractivity contribution in [2.75, 3.05) is 7.11 Å². The molecular weight excluding hydrogens is 330 g/mol. The fraction of sp³-hybridized carbons (Fsp3) is 0.100. The van der Waals surface area contributed by atoms with Crippen LogP contribution in [-0.2, 0) is 6.61 Å². The minimum atomic E-state index is -0.719. The molecule has 0 aliphatic rings. The Morgan fingerprint density at radius 1 is 1.12 bits per heavy atom. The van der Waals surface area contributed by atoms with Crippen molar-refractivity contribution >= 4 is 23.0 Å². The van der Waals surface area contributed by atoms with E-state index in [-0.39, 0.29) is 0 Å². The molecule has 0 radical (unpaired) electrons. The predicted molar refractivity (Wildman–Crippen MR) is 102 cm³/mol. The molecule has 3 rings (SSSR count). The molecule has 0 heterocycles. The normalized spacial score (nSPS) is 10.8. The average molecular weight is 349 g/mol. The maximum absolute atomic E-state index is 10.6.